The van der Waals surface area contributed by atoms with Gasteiger partial charge in [-0.05, 0) is 25.3 Å². The summed E-state index contributed by atoms with van der Waals surface area (Å²) in [6.07, 6.45) is 2.45. The van der Waals surface area contributed by atoms with E-state index in [1.54, 1.807) is 0 Å². The molecule has 1 aliphatic rings. The Labute approximate surface area is 104 Å². The van der Waals surface area contributed by atoms with Crippen LogP contribution in [0.15, 0.2) is 18.2 Å². The summed E-state index contributed by atoms with van der Waals surface area (Å²) in [4.78, 5) is 10.1. The second-order valence-electron chi connectivity index (χ2n) is 4.46. The molecule has 0 atom stereocenters. The highest BCUT2D eigenvalue weighted by molar-refractivity contribution is 5.48. The lowest BCUT2D eigenvalue weighted by Crippen LogP contribution is -2.42. The van der Waals surface area contributed by atoms with Crippen molar-refractivity contribution in [1.82, 2.24) is 0 Å². The number of nitrogens with zero attached hydrogens (tertiary/aromatic N) is 1. The van der Waals surface area contributed by atoms with Gasteiger partial charge in [0.05, 0.1) is 23.7 Å². The molecule has 6 heteroatoms. The van der Waals surface area contributed by atoms with Crippen LogP contribution >= 0.6 is 0 Å². The average molecular weight is 253 g/mol. The average Bonchev–Trinajstić information content (AvgIpc) is 2.33. The van der Waals surface area contributed by atoms with Gasteiger partial charge in [-0.15, -0.1) is 0 Å². The number of hydrogen-bond acceptors (Lipinski definition) is 5. The number of non-ortho nitro benzene ring substituents is 1. The van der Waals surface area contributed by atoms with Gasteiger partial charge in [-0.1, -0.05) is 0 Å². The Morgan fingerprint density at radius 3 is 2.67 bits per heavy atom. The van der Waals surface area contributed by atoms with Crippen molar-refractivity contribution in [3.63, 3.8) is 0 Å². The molecule has 98 valence electrons. The maximum Gasteiger partial charge on any atom is 0.273 e. The van der Waals surface area contributed by atoms with Crippen LogP contribution in [0.25, 0.3) is 0 Å². The lowest BCUT2D eigenvalue weighted by atomic mass is 9.81. The molecule has 0 heterocycles. The standard InChI is InChI=1S/C12H15NO5/c1-17-11-7-9(13(15)16)3-4-10(11)18-8-12(14)5-2-6-12/h3-4,7,14H,2,5-6,8H2,1H3. The minimum Gasteiger partial charge on any atom is -0.493 e. The fourth-order valence-corrected chi connectivity index (χ4v) is 1.83. The van der Waals surface area contributed by atoms with E-state index in [1.807, 2.05) is 0 Å². The molecule has 2 rings (SSSR count). The molecular weight excluding hydrogens is 238 g/mol. The topological polar surface area (TPSA) is 81.8 Å². The second-order valence-corrected chi connectivity index (χ2v) is 4.46. The third kappa shape index (κ3) is 2.53. The first-order valence-electron chi connectivity index (χ1n) is 5.72. The molecule has 0 aliphatic heterocycles. The van der Waals surface area contributed by atoms with Crippen molar-refractivity contribution in [2.45, 2.75) is 24.9 Å². The third-order valence-corrected chi connectivity index (χ3v) is 3.14. The van der Waals surface area contributed by atoms with E-state index in [0.29, 0.717) is 11.5 Å². The Hall–Kier alpha value is -1.82. The summed E-state index contributed by atoms with van der Waals surface area (Å²) in [6.45, 7) is 0.182. The SMILES string of the molecule is COc1cc([N+](=O)[O-])ccc1OCC1(O)CCC1. The number of aliphatic hydroxyl groups is 1. The quantitative estimate of drug-likeness (QED) is 0.640. The number of nitro groups is 1. The van der Waals surface area contributed by atoms with Crippen molar-refractivity contribution in [3.05, 3.63) is 28.3 Å². The summed E-state index contributed by atoms with van der Waals surface area (Å²) in [5.74, 6) is 0.704. The van der Waals surface area contributed by atoms with Crippen LogP contribution in [0.5, 0.6) is 11.5 Å². The fraction of sp³-hybridized carbons (Fsp3) is 0.500. The minimum atomic E-state index is -0.757. The Bertz CT molecular complexity index is 456. The maximum atomic E-state index is 10.6. The smallest absolute Gasteiger partial charge is 0.273 e. The molecule has 1 aromatic carbocycles. The van der Waals surface area contributed by atoms with Crippen LogP contribution in [0.3, 0.4) is 0 Å². The largest absolute Gasteiger partial charge is 0.493 e. The first-order chi connectivity index (χ1) is 8.54. The minimum absolute atomic E-state index is 0.0541. The normalized spacial score (nSPS) is 16.8. The summed E-state index contributed by atoms with van der Waals surface area (Å²) in [5.41, 5.74) is -0.811. The zero-order chi connectivity index (χ0) is 13.2. The summed E-state index contributed by atoms with van der Waals surface area (Å²) in [5, 5.41) is 20.5. The molecule has 1 fully saturated rings. The summed E-state index contributed by atoms with van der Waals surface area (Å²) in [7, 11) is 1.42. The van der Waals surface area contributed by atoms with Gasteiger partial charge in [-0.25, -0.2) is 0 Å². The molecule has 1 aliphatic carbocycles. The Morgan fingerprint density at radius 2 is 2.17 bits per heavy atom. The van der Waals surface area contributed by atoms with Crippen molar-refractivity contribution in [2.75, 3.05) is 13.7 Å². The van der Waals surface area contributed by atoms with Crippen LogP contribution in [0, 0.1) is 10.1 Å². The lowest BCUT2D eigenvalue weighted by molar-refractivity contribution is -0.385. The van der Waals surface area contributed by atoms with E-state index in [9.17, 15) is 15.2 Å². The van der Waals surface area contributed by atoms with E-state index >= 15 is 0 Å². The van der Waals surface area contributed by atoms with Gasteiger partial charge >= 0.3 is 0 Å². The zero-order valence-electron chi connectivity index (χ0n) is 10.1. The molecule has 1 aromatic rings. The number of ether oxygens (including phenoxy) is 2. The van der Waals surface area contributed by atoms with Crippen LogP contribution in [0.4, 0.5) is 5.69 Å². The predicted octanol–water partition coefficient (Wildman–Crippen LogP) is 1.90. The third-order valence-electron chi connectivity index (χ3n) is 3.14. The monoisotopic (exact) mass is 253 g/mol. The van der Waals surface area contributed by atoms with Crippen LogP contribution in [0.2, 0.25) is 0 Å². The van der Waals surface area contributed by atoms with E-state index < -0.39 is 10.5 Å². The van der Waals surface area contributed by atoms with Crippen LogP contribution in [-0.4, -0.2) is 29.3 Å². The van der Waals surface area contributed by atoms with Crippen LogP contribution in [0.1, 0.15) is 19.3 Å². The first kappa shape index (κ1) is 12.6. The molecule has 1 N–H and O–H groups in total. The lowest BCUT2D eigenvalue weighted by Gasteiger charge is -2.36. The molecule has 1 saturated carbocycles. The number of benzene rings is 1. The highest BCUT2D eigenvalue weighted by atomic mass is 16.6. The van der Waals surface area contributed by atoms with Gasteiger partial charge in [0.1, 0.15) is 6.61 Å². The first-order valence-corrected chi connectivity index (χ1v) is 5.72. The van der Waals surface area contributed by atoms with Crippen molar-refractivity contribution < 1.29 is 19.5 Å². The molecule has 0 amide bonds. The highest BCUT2D eigenvalue weighted by Gasteiger charge is 2.35. The number of methoxy groups -OCH3 is 1. The van der Waals surface area contributed by atoms with E-state index in [1.165, 1.54) is 25.3 Å². The molecular formula is C12H15NO5. The fourth-order valence-electron chi connectivity index (χ4n) is 1.83. The van der Waals surface area contributed by atoms with Gasteiger partial charge < -0.3 is 14.6 Å². The van der Waals surface area contributed by atoms with E-state index in [-0.39, 0.29) is 12.3 Å². The molecule has 0 radical (unpaired) electrons. The van der Waals surface area contributed by atoms with Gasteiger partial charge in [0.15, 0.2) is 11.5 Å². The summed E-state index contributed by atoms with van der Waals surface area (Å²) >= 11 is 0. The van der Waals surface area contributed by atoms with Gasteiger partial charge in [-0.3, -0.25) is 10.1 Å². The summed E-state index contributed by atoms with van der Waals surface area (Å²) < 4.78 is 10.5. The van der Waals surface area contributed by atoms with Crippen molar-refractivity contribution in [3.8, 4) is 11.5 Å². The van der Waals surface area contributed by atoms with Gasteiger partial charge in [0.2, 0.25) is 0 Å². The van der Waals surface area contributed by atoms with E-state index in [2.05, 4.69) is 0 Å². The molecule has 0 spiro atoms. The molecule has 18 heavy (non-hydrogen) atoms. The van der Waals surface area contributed by atoms with Gasteiger partial charge in [0.25, 0.3) is 5.69 Å². The second kappa shape index (κ2) is 4.81. The Kier molecular flexibility index (Phi) is 3.38. The predicted molar refractivity (Wildman–Crippen MR) is 63.9 cm³/mol. The molecule has 0 saturated heterocycles. The highest BCUT2D eigenvalue weighted by Crippen LogP contribution is 2.35. The maximum absolute atomic E-state index is 10.6. The zero-order valence-corrected chi connectivity index (χ0v) is 10.1. The number of nitro benzene ring substituents is 1. The number of hydrogen-bond donors (Lipinski definition) is 1. The Balaban J connectivity index is 2.09. The van der Waals surface area contributed by atoms with E-state index in [0.717, 1.165) is 19.3 Å². The Morgan fingerprint density at radius 1 is 1.44 bits per heavy atom. The van der Waals surface area contributed by atoms with E-state index in [4.69, 9.17) is 9.47 Å². The van der Waals surface area contributed by atoms with Crippen molar-refractivity contribution in [2.24, 2.45) is 0 Å². The van der Waals surface area contributed by atoms with Gasteiger partial charge in [0, 0.05) is 6.07 Å². The molecule has 0 bridgehead atoms. The van der Waals surface area contributed by atoms with Crippen molar-refractivity contribution >= 4 is 5.69 Å². The van der Waals surface area contributed by atoms with Crippen molar-refractivity contribution in [1.29, 1.82) is 0 Å². The van der Waals surface area contributed by atoms with Gasteiger partial charge in [-0.2, -0.15) is 0 Å². The van der Waals surface area contributed by atoms with Crippen LogP contribution < -0.4 is 9.47 Å². The molecule has 6 nitrogen and oxygen atoms in total. The molecule has 0 unspecified atom stereocenters. The number of rotatable bonds is 5. The summed E-state index contributed by atoms with van der Waals surface area (Å²) in [6, 6.07) is 4.14. The molecule has 0 aromatic heterocycles. The van der Waals surface area contributed by atoms with Crippen LogP contribution in [-0.2, 0) is 0 Å².